The first-order chi connectivity index (χ1) is 20.2. The largest absolute Gasteiger partial charge is 0.497 e. The molecule has 0 heterocycles. The number of aryl methyl sites for hydroxylation is 1. The van der Waals surface area contributed by atoms with E-state index in [1.54, 1.807) is 42.5 Å². The normalized spacial score (nSPS) is 14.5. The van der Waals surface area contributed by atoms with Crippen molar-refractivity contribution in [1.82, 2.24) is 10.2 Å². The van der Waals surface area contributed by atoms with Gasteiger partial charge in [-0.2, -0.15) is 0 Å². The Balaban J connectivity index is 1.70. The summed E-state index contributed by atoms with van der Waals surface area (Å²) in [4.78, 5) is 29.5. The van der Waals surface area contributed by atoms with Gasteiger partial charge in [0.05, 0.1) is 17.7 Å². The van der Waals surface area contributed by atoms with Gasteiger partial charge in [0, 0.05) is 12.6 Å². The van der Waals surface area contributed by atoms with Crippen LogP contribution >= 0.6 is 0 Å². The fraction of sp³-hybridized carbons (Fsp3) is 0.394. The van der Waals surface area contributed by atoms with Gasteiger partial charge in [0.1, 0.15) is 18.3 Å². The Hall–Kier alpha value is -3.85. The summed E-state index contributed by atoms with van der Waals surface area (Å²) >= 11 is 0. The molecular weight excluding hydrogens is 550 g/mol. The molecule has 0 spiro atoms. The van der Waals surface area contributed by atoms with Crippen molar-refractivity contribution in [2.24, 2.45) is 0 Å². The maximum Gasteiger partial charge on any atom is 0.264 e. The third kappa shape index (κ3) is 7.50. The number of carbonyl (C=O) groups is 2. The summed E-state index contributed by atoms with van der Waals surface area (Å²) in [6, 6.07) is 21.7. The third-order valence-electron chi connectivity index (χ3n) is 7.91. The van der Waals surface area contributed by atoms with Crippen LogP contribution in [0.1, 0.15) is 56.6 Å². The van der Waals surface area contributed by atoms with Gasteiger partial charge in [-0.05, 0) is 73.7 Å². The number of sulfonamides is 1. The topological polar surface area (TPSA) is 96.0 Å². The molecule has 1 atom stereocenters. The molecule has 3 aromatic rings. The smallest absolute Gasteiger partial charge is 0.264 e. The number of anilines is 1. The zero-order valence-corrected chi connectivity index (χ0v) is 25.5. The molecule has 9 heteroatoms. The van der Waals surface area contributed by atoms with Crippen molar-refractivity contribution in [1.29, 1.82) is 0 Å². The molecule has 8 nitrogen and oxygen atoms in total. The van der Waals surface area contributed by atoms with E-state index >= 15 is 0 Å². The molecule has 2 amide bonds. The highest BCUT2D eigenvalue weighted by Crippen LogP contribution is 2.27. The van der Waals surface area contributed by atoms with Gasteiger partial charge in [-0.3, -0.25) is 13.9 Å². The van der Waals surface area contributed by atoms with E-state index in [4.69, 9.17) is 4.74 Å². The molecule has 1 fully saturated rings. The molecule has 1 saturated carbocycles. The summed E-state index contributed by atoms with van der Waals surface area (Å²) in [7, 11) is -2.58. The summed E-state index contributed by atoms with van der Waals surface area (Å²) in [6.45, 7) is 3.56. The van der Waals surface area contributed by atoms with Crippen molar-refractivity contribution in [3.63, 3.8) is 0 Å². The molecule has 0 unspecified atom stereocenters. The van der Waals surface area contributed by atoms with Crippen molar-refractivity contribution in [3.05, 3.63) is 90.0 Å². The maximum absolute atomic E-state index is 14.3. The van der Waals surface area contributed by atoms with Crippen molar-refractivity contribution in [2.75, 3.05) is 18.0 Å². The van der Waals surface area contributed by atoms with Crippen LogP contribution in [0, 0.1) is 6.92 Å². The Morgan fingerprint density at radius 3 is 2.19 bits per heavy atom. The van der Waals surface area contributed by atoms with Crippen molar-refractivity contribution in [2.45, 2.75) is 75.9 Å². The molecule has 42 heavy (non-hydrogen) atoms. The maximum atomic E-state index is 14.3. The molecule has 0 aliphatic heterocycles. The van der Waals surface area contributed by atoms with Crippen LogP contribution < -0.4 is 14.4 Å². The van der Waals surface area contributed by atoms with Crippen molar-refractivity contribution in [3.8, 4) is 5.75 Å². The number of nitrogens with zero attached hydrogens (tertiary/aromatic N) is 2. The first-order valence-electron chi connectivity index (χ1n) is 14.6. The highest BCUT2D eigenvalue weighted by Gasteiger charge is 2.34. The van der Waals surface area contributed by atoms with Crippen LogP contribution in [0.15, 0.2) is 83.8 Å². The molecule has 1 N–H and O–H groups in total. The van der Waals surface area contributed by atoms with Gasteiger partial charge in [-0.25, -0.2) is 8.42 Å². The quantitative estimate of drug-likeness (QED) is 0.302. The van der Waals surface area contributed by atoms with Gasteiger partial charge >= 0.3 is 0 Å². The van der Waals surface area contributed by atoms with Crippen molar-refractivity contribution < 1.29 is 22.7 Å². The van der Waals surface area contributed by atoms with Crippen LogP contribution in [0.3, 0.4) is 0 Å². The molecule has 1 aliphatic rings. The SMILES string of the molecule is CC[C@H](C(=O)NC1CCCCC1)N(Cc1ccccc1C)C(=O)CN(c1ccc(OC)cc1)S(=O)(=O)c1ccccc1. The Bertz CT molecular complexity index is 1440. The van der Waals surface area contributed by atoms with E-state index in [-0.39, 0.29) is 23.4 Å². The van der Waals surface area contributed by atoms with E-state index in [1.165, 1.54) is 30.6 Å². The summed E-state index contributed by atoms with van der Waals surface area (Å²) in [5.41, 5.74) is 2.21. The zero-order valence-electron chi connectivity index (χ0n) is 24.7. The lowest BCUT2D eigenvalue weighted by atomic mass is 9.95. The van der Waals surface area contributed by atoms with E-state index in [0.717, 1.165) is 41.1 Å². The summed E-state index contributed by atoms with van der Waals surface area (Å²) in [5.74, 6) is -0.0961. The van der Waals surface area contributed by atoms with Gasteiger partial charge in [-0.15, -0.1) is 0 Å². The van der Waals surface area contributed by atoms with Crippen LogP contribution in [0.2, 0.25) is 0 Å². The minimum Gasteiger partial charge on any atom is -0.497 e. The number of benzene rings is 3. The number of rotatable bonds is 12. The van der Waals surface area contributed by atoms with Crippen LogP contribution in [-0.2, 0) is 26.2 Å². The summed E-state index contributed by atoms with van der Waals surface area (Å²) in [6.07, 6.45) is 5.55. The van der Waals surface area contributed by atoms with Crippen molar-refractivity contribution >= 4 is 27.5 Å². The number of nitrogens with one attached hydrogen (secondary N) is 1. The molecule has 4 rings (SSSR count). The van der Waals surface area contributed by atoms with Crippen LogP contribution in [0.4, 0.5) is 5.69 Å². The van der Waals surface area contributed by atoms with E-state index in [1.807, 2.05) is 38.1 Å². The van der Waals surface area contributed by atoms with Gasteiger partial charge < -0.3 is 15.0 Å². The summed E-state index contributed by atoms with van der Waals surface area (Å²) in [5, 5.41) is 3.18. The van der Waals surface area contributed by atoms with Crippen LogP contribution in [-0.4, -0.2) is 50.9 Å². The van der Waals surface area contributed by atoms with Gasteiger partial charge in [0.25, 0.3) is 10.0 Å². The molecule has 0 saturated heterocycles. The second kappa shape index (κ2) is 14.4. The fourth-order valence-corrected chi connectivity index (χ4v) is 6.87. The molecule has 1 aliphatic carbocycles. The Kier molecular flexibility index (Phi) is 10.6. The minimum atomic E-state index is -4.11. The Labute approximate surface area is 249 Å². The highest BCUT2D eigenvalue weighted by molar-refractivity contribution is 7.92. The van der Waals surface area contributed by atoms with Gasteiger partial charge in [-0.1, -0.05) is 68.7 Å². The monoisotopic (exact) mass is 591 g/mol. The summed E-state index contributed by atoms with van der Waals surface area (Å²) < 4.78 is 34.3. The molecule has 224 valence electrons. The van der Waals surface area contributed by atoms with E-state index in [0.29, 0.717) is 17.9 Å². The van der Waals surface area contributed by atoms with E-state index in [2.05, 4.69) is 5.32 Å². The van der Waals surface area contributed by atoms with Gasteiger partial charge in [0.15, 0.2) is 0 Å². The number of hydrogen-bond donors (Lipinski definition) is 1. The molecule has 0 bridgehead atoms. The number of ether oxygens (including phenoxy) is 1. The second-order valence-electron chi connectivity index (χ2n) is 10.7. The zero-order chi connectivity index (χ0) is 30.1. The molecule has 0 radical (unpaired) electrons. The van der Waals surface area contributed by atoms with Crippen LogP contribution in [0.5, 0.6) is 5.75 Å². The average molecular weight is 592 g/mol. The standard InChI is InChI=1S/C33H41N3O5S/c1-4-31(33(38)34-27-15-7-5-8-16-27)35(23-26-14-12-11-13-25(26)2)32(37)24-36(28-19-21-29(41-3)22-20-28)42(39,40)30-17-9-6-10-18-30/h6,9-14,17-22,27,31H,4-5,7-8,15-16,23-24H2,1-3H3,(H,34,38)/t31-/m1/s1. The minimum absolute atomic E-state index is 0.0705. The predicted molar refractivity (Wildman–Crippen MR) is 165 cm³/mol. The number of carbonyl (C=O) groups excluding carboxylic acids is 2. The molecule has 0 aromatic heterocycles. The Morgan fingerprint density at radius 2 is 1.57 bits per heavy atom. The first-order valence-corrected chi connectivity index (χ1v) is 16.0. The predicted octanol–water partition coefficient (Wildman–Crippen LogP) is 5.46. The molecular formula is C33H41N3O5S. The number of methoxy groups -OCH3 is 1. The lowest BCUT2D eigenvalue weighted by molar-refractivity contribution is -0.140. The number of amides is 2. The third-order valence-corrected chi connectivity index (χ3v) is 9.70. The van der Waals surface area contributed by atoms with E-state index in [9.17, 15) is 18.0 Å². The lowest BCUT2D eigenvalue weighted by Gasteiger charge is -2.34. The first kappa shape index (κ1) is 31.1. The molecule has 3 aromatic carbocycles. The van der Waals surface area contributed by atoms with Gasteiger partial charge in [0.2, 0.25) is 11.8 Å². The number of hydrogen-bond acceptors (Lipinski definition) is 5. The Morgan fingerprint density at radius 1 is 0.929 bits per heavy atom. The average Bonchev–Trinajstić information content (AvgIpc) is 3.01. The lowest BCUT2D eigenvalue weighted by Crippen LogP contribution is -2.54. The fourth-order valence-electron chi connectivity index (χ4n) is 5.43. The van der Waals surface area contributed by atoms with E-state index < -0.39 is 28.5 Å². The highest BCUT2D eigenvalue weighted by atomic mass is 32.2. The second-order valence-corrected chi connectivity index (χ2v) is 12.6. The van der Waals surface area contributed by atoms with Crippen LogP contribution in [0.25, 0.3) is 0 Å².